The topological polar surface area (TPSA) is 86.5 Å². The number of pyridine rings is 1. The maximum atomic E-state index is 10.5. The van der Waals surface area contributed by atoms with Crippen molar-refractivity contribution in [3.8, 4) is 11.6 Å². The second-order valence-corrected chi connectivity index (χ2v) is 4.12. The van der Waals surface area contributed by atoms with Crippen LogP contribution in [0.4, 0.5) is 11.4 Å². The molecule has 110 valence electrons. The van der Waals surface area contributed by atoms with Crippen LogP contribution in [-0.2, 0) is 0 Å². The summed E-state index contributed by atoms with van der Waals surface area (Å²) in [5.74, 6) is 1.15. The average molecular weight is 289 g/mol. The fraction of sp³-hybridized carbons (Fsp3) is 0.214. The SMILES string of the molecule is COc1ccc(NCCOc2ccc([N+](=O)[O-])cc2)cn1. The summed E-state index contributed by atoms with van der Waals surface area (Å²) < 4.78 is 10.4. The van der Waals surface area contributed by atoms with Crippen LogP contribution in [0, 0.1) is 10.1 Å². The standard InChI is InChI=1S/C14H15N3O4/c1-20-14-7-2-11(10-16-14)15-8-9-21-13-5-3-12(4-6-13)17(18)19/h2-7,10,15H,8-9H2,1H3. The van der Waals surface area contributed by atoms with Gasteiger partial charge in [-0.15, -0.1) is 0 Å². The molecule has 1 aromatic heterocycles. The lowest BCUT2D eigenvalue weighted by Crippen LogP contribution is -2.11. The molecule has 0 bridgehead atoms. The smallest absolute Gasteiger partial charge is 0.269 e. The number of hydrogen-bond acceptors (Lipinski definition) is 6. The minimum Gasteiger partial charge on any atom is -0.492 e. The summed E-state index contributed by atoms with van der Waals surface area (Å²) >= 11 is 0. The van der Waals surface area contributed by atoms with Crippen LogP contribution >= 0.6 is 0 Å². The van der Waals surface area contributed by atoms with E-state index in [0.717, 1.165) is 5.69 Å². The Morgan fingerprint density at radius 3 is 2.57 bits per heavy atom. The molecule has 0 saturated carbocycles. The molecule has 2 aromatic rings. The normalized spacial score (nSPS) is 9.95. The molecular formula is C14H15N3O4. The Balaban J connectivity index is 1.74. The van der Waals surface area contributed by atoms with Crippen LogP contribution in [0.15, 0.2) is 42.6 Å². The van der Waals surface area contributed by atoms with Crippen LogP contribution in [-0.4, -0.2) is 30.2 Å². The van der Waals surface area contributed by atoms with Crippen molar-refractivity contribution in [2.45, 2.75) is 0 Å². The van der Waals surface area contributed by atoms with Gasteiger partial charge in [-0.2, -0.15) is 0 Å². The molecule has 0 aliphatic rings. The Morgan fingerprint density at radius 2 is 2.00 bits per heavy atom. The van der Waals surface area contributed by atoms with Gasteiger partial charge in [-0.05, 0) is 18.2 Å². The van der Waals surface area contributed by atoms with E-state index in [0.29, 0.717) is 24.8 Å². The molecule has 0 amide bonds. The minimum absolute atomic E-state index is 0.0461. The van der Waals surface area contributed by atoms with Gasteiger partial charge in [0.05, 0.1) is 23.9 Å². The van der Waals surface area contributed by atoms with Gasteiger partial charge in [-0.25, -0.2) is 4.98 Å². The molecule has 2 rings (SSSR count). The molecule has 0 aliphatic heterocycles. The molecule has 7 heteroatoms. The number of aromatic nitrogens is 1. The fourth-order valence-corrected chi connectivity index (χ4v) is 1.63. The predicted octanol–water partition coefficient (Wildman–Crippen LogP) is 2.49. The first-order valence-electron chi connectivity index (χ1n) is 6.30. The van der Waals surface area contributed by atoms with E-state index in [2.05, 4.69) is 10.3 Å². The molecule has 1 N–H and O–H groups in total. The third-order valence-electron chi connectivity index (χ3n) is 2.69. The lowest BCUT2D eigenvalue weighted by atomic mass is 10.3. The molecule has 0 radical (unpaired) electrons. The third-order valence-corrected chi connectivity index (χ3v) is 2.69. The minimum atomic E-state index is -0.442. The van der Waals surface area contributed by atoms with E-state index in [-0.39, 0.29) is 5.69 Å². The van der Waals surface area contributed by atoms with Crippen molar-refractivity contribution in [3.05, 3.63) is 52.7 Å². The zero-order chi connectivity index (χ0) is 15.1. The third kappa shape index (κ3) is 4.34. The quantitative estimate of drug-likeness (QED) is 0.479. The van der Waals surface area contributed by atoms with E-state index in [1.54, 1.807) is 31.5 Å². The largest absolute Gasteiger partial charge is 0.492 e. The highest BCUT2D eigenvalue weighted by molar-refractivity contribution is 5.42. The summed E-state index contributed by atoms with van der Waals surface area (Å²) in [4.78, 5) is 14.1. The number of methoxy groups -OCH3 is 1. The van der Waals surface area contributed by atoms with Gasteiger partial charge >= 0.3 is 0 Å². The van der Waals surface area contributed by atoms with E-state index in [9.17, 15) is 10.1 Å². The summed E-state index contributed by atoms with van der Waals surface area (Å²) in [5, 5.41) is 13.7. The predicted molar refractivity (Wildman–Crippen MR) is 77.9 cm³/mol. The summed E-state index contributed by atoms with van der Waals surface area (Å²) in [5.41, 5.74) is 0.910. The van der Waals surface area contributed by atoms with Gasteiger partial charge in [-0.1, -0.05) is 0 Å². The summed E-state index contributed by atoms with van der Waals surface area (Å²) in [6, 6.07) is 9.60. The van der Waals surface area contributed by atoms with E-state index in [1.165, 1.54) is 12.1 Å². The van der Waals surface area contributed by atoms with Crippen molar-refractivity contribution in [1.29, 1.82) is 0 Å². The maximum Gasteiger partial charge on any atom is 0.269 e. The molecule has 1 aromatic carbocycles. The zero-order valence-electron chi connectivity index (χ0n) is 11.5. The molecule has 7 nitrogen and oxygen atoms in total. The highest BCUT2D eigenvalue weighted by Crippen LogP contribution is 2.17. The molecule has 0 saturated heterocycles. The number of benzene rings is 1. The maximum absolute atomic E-state index is 10.5. The molecule has 21 heavy (non-hydrogen) atoms. The van der Waals surface area contributed by atoms with Crippen molar-refractivity contribution in [2.75, 3.05) is 25.6 Å². The van der Waals surface area contributed by atoms with Crippen LogP contribution in [0.3, 0.4) is 0 Å². The number of non-ortho nitro benzene ring substituents is 1. The number of anilines is 1. The number of nitro benzene ring substituents is 1. The molecule has 0 fully saturated rings. The number of nitrogens with zero attached hydrogens (tertiary/aromatic N) is 2. The second kappa shape index (κ2) is 7.09. The van der Waals surface area contributed by atoms with Gasteiger partial charge in [0.15, 0.2) is 0 Å². The molecular weight excluding hydrogens is 274 g/mol. The van der Waals surface area contributed by atoms with Crippen molar-refractivity contribution in [1.82, 2.24) is 4.98 Å². The fourth-order valence-electron chi connectivity index (χ4n) is 1.63. The van der Waals surface area contributed by atoms with E-state index in [1.807, 2.05) is 6.07 Å². The first-order valence-corrected chi connectivity index (χ1v) is 6.30. The van der Waals surface area contributed by atoms with Gasteiger partial charge in [0.25, 0.3) is 5.69 Å². The van der Waals surface area contributed by atoms with E-state index >= 15 is 0 Å². The van der Waals surface area contributed by atoms with Crippen molar-refractivity contribution in [3.63, 3.8) is 0 Å². The van der Waals surface area contributed by atoms with Gasteiger partial charge in [0.1, 0.15) is 12.4 Å². The average Bonchev–Trinajstić information content (AvgIpc) is 2.52. The Labute approximate surface area is 121 Å². The molecule has 0 atom stereocenters. The highest BCUT2D eigenvalue weighted by Gasteiger charge is 2.04. The number of ether oxygens (including phenoxy) is 2. The first-order chi connectivity index (χ1) is 10.2. The molecule has 0 aliphatic carbocycles. The Hall–Kier alpha value is -2.83. The Bertz CT molecular complexity index is 584. The van der Waals surface area contributed by atoms with Crippen LogP contribution in [0.1, 0.15) is 0 Å². The second-order valence-electron chi connectivity index (χ2n) is 4.12. The van der Waals surface area contributed by atoms with Crippen molar-refractivity contribution in [2.24, 2.45) is 0 Å². The lowest BCUT2D eigenvalue weighted by Gasteiger charge is -2.08. The number of nitro groups is 1. The van der Waals surface area contributed by atoms with Crippen LogP contribution in [0.5, 0.6) is 11.6 Å². The van der Waals surface area contributed by atoms with E-state index < -0.39 is 4.92 Å². The number of rotatable bonds is 7. The number of nitrogens with one attached hydrogen (secondary N) is 1. The summed E-state index contributed by atoms with van der Waals surface area (Å²) in [7, 11) is 1.56. The molecule has 0 spiro atoms. The van der Waals surface area contributed by atoms with Crippen LogP contribution < -0.4 is 14.8 Å². The van der Waals surface area contributed by atoms with Gasteiger partial charge < -0.3 is 14.8 Å². The molecule has 0 unspecified atom stereocenters. The number of hydrogen-bond donors (Lipinski definition) is 1. The summed E-state index contributed by atoms with van der Waals surface area (Å²) in [6.45, 7) is 1.02. The highest BCUT2D eigenvalue weighted by atomic mass is 16.6. The van der Waals surface area contributed by atoms with Crippen molar-refractivity contribution >= 4 is 11.4 Å². The van der Waals surface area contributed by atoms with E-state index in [4.69, 9.17) is 9.47 Å². The van der Waals surface area contributed by atoms with Gasteiger partial charge in [0.2, 0.25) is 5.88 Å². The van der Waals surface area contributed by atoms with Gasteiger partial charge in [-0.3, -0.25) is 10.1 Å². The first kappa shape index (κ1) is 14.6. The zero-order valence-corrected chi connectivity index (χ0v) is 11.5. The Morgan fingerprint density at radius 1 is 1.24 bits per heavy atom. The van der Waals surface area contributed by atoms with Crippen LogP contribution in [0.2, 0.25) is 0 Å². The van der Waals surface area contributed by atoms with Crippen LogP contribution in [0.25, 0.3) is 0 Å². The monoisotopic (exact) mass is 289 g/mol. The Kier molecular flexibility index (Phi) is 4.92. The molecule has 1 heterocycles. The van der Waals surface area contributed by atoms with Crippen molar-refractivity contribution < 1.29 is 14.4 Å². The lowest BCUT2D eigenvalue weighted by molar-refractivity contribution is -0.384. The summed E-state index contributed by atoms with van der Waals surface area (Å²) in [6.07, 6.45) is 1.67. The van der Waals surface area contributed by atoms with Gasteiger partial charge in [0, 0.05) is 24.7 Å².